The third-order valence-corrected chi connectivity index (χ3v) is 6.99. The van der Waals surface area contributed by atoms with Crippen molar-refractivity contribution in [2.45, 2.75) is 11.8 Å². The van der Waals surface area contributed by atoms with Crippen molar-refractivity contribution in [2.75, 3.05) is 13.2 Å². The molecule has 2 N–H and O–H groups in total. The van der Waals surface area contributed by atoms with Gasteiger partial charge in [-0.2, -0.15) is 0 Å². The number of fused-ring (bicyclic) bond motifs is 2. The van der Waals surface area contributed by atoms with Gasteiger partial charge in [-0.25, -0.2) is 0 Å². The Labute approximate surface area is 191 Å². The topological polar surface area (TPSA) is 57.5 Å². The van der Waals surface area contributed by atoms with Gasteiger partial charge in [0, 0.05) is 8.95 Å². The van der Waals surface area contributed by atoms with E-state index >= 15 is 0 Å². The summed E-state index contributed by atoms with van der Waals surface area (Å²) in [4.78, 5) is 13.6. The predicted octanol–water partition coefficient (Wildman–Crippen LogP) is 5.94. The summed E-state index contributed by atoms with van der Waals surface area (Å²) >= 11 is 7.12. The van der Waals surface area contributed by atoms with E-state index in [1.54, 1.807) is 0 Å². The van der Waals surface area contributed by atoms with Crippen LogP contribution in [0.2, 0.25) is 0 Å². The van der Waals surface area contributed by atoms with Gasteiger partial charge in [-0.05, 0) is 44.8 Å². The van der Waals surface area contributed by atoms with E-state index in [0.29, 0.717) is 0 Å². The lowest BCUT2D eigenvalue weighted by Crippen LogP contribution is -2.26. The van der Waals surface area contributed by atoms with Gasteiger partial charge in [0.1, 0.15) is 0 Å². The van der Waals surface area contributed by atoms with Crippen molar-refractivity contribution in [3.05, 3.63) is 92.9 Å². The van der Waals surface area contributed by atoms with E-state index in [0.717, 1.165) is 41.6 Å². The molecule has 3 nitrogen and oxygen atoms in total. The third-order valence-electron chi connectivity index (χ3n) is 5.61. The zero-order valence-corrected chi connectivity index (χ0v) is 19.2. The fourth-order valence-corrected chi connectivity index (χ4v) is 5.12. The van der Waals surface area contributed by atoms with Crippen molar-refractivity contribution >= 4 is 59.2 Å². The molecule has 30 heavy (non-hydrogen) atoms. The Morgan fingerprint density at radius 2 is 1.00 bits per heavy atom. The van der Waals surface area contributed by atoms with Crippen molar-refractivity contribution in [3.8, 4) is 0 Å². The summed E-state index contributed by atoms with van der Waals surface area (Å²) < 4.78 is 1.87. The first-order valence-corrected chi connectivity index (χ1v) is 11.2. The molecule has 2 unspecified atom stereocenters. The molecule has 4 aromatic rings. The number of carbonyl (C=O) groups excluding carboxylic acids is 1. The lowest BCUT2D eigenvalue weighted by molar-refractivity contribution is -0.123. The lowest BCUT2D eigenvalue weighted by atomic mass is 9.81. The summed E-state index contributed by atoms with van der Waals surface area (Å²) in [6, 6.07) is 23.1. The molecular weight excluding hydrogens is 508 g/mol. The van der Waals surface area contributed by atoms with Gasteiger partial charge in [0.15, 0.2) is 5.78 Å². The van der Waals surface area contributed by atoms with E-state index in [4.69, 9.17) is 0 Å². The van der Waals surface area contributed by atoms with E-state index in [9.17, 15) is 15.0 Å². The van der Waals surface area contributed by atoms with Crippen LogP contribution in [0.3, 0.4) is 0 Å². The summed E-state index contributed by atoms with van der Waals surface area (Å²) in [6.07, 6.45) is 0. The molecular formula is C25H20Br2O3. The molecule has 0 bridgehead atoms. The van der Waals surface area contributed by atoms with Gasteiger partial charge in [0.05, 0.1) is 25.0 Å². The number of rotatable bonds is 6. The smallest absolute Gasteiger partial charge is 0.152 e. The molecule has 0 radical (unpaired) electrons. The number of benzene rings is 4. The highest BCUT2D eigenvalue weighted by Gasteiger charge is 2.30. The Morgan fingerprint density at radius 1 is 0.633 bits per heavy atom. The zero-order chi connectivity index (χ0) is 21.3. The van der Waals surface area contributed by atoms with Crippen LogP contribution in [0, 0.1) is 0 Å². The monoisotopic (exact) mass is 526 g/mol. The number of ketones is 1. The largest absolute Gasteiger partial charge is 0.395 e. The normalized spacial score (nSPS) is 13.5. The van der Waals surface area contributed by atoms with Crippen LogP contribution in [-0.4, -0.2) is 29.2 Å². The van der Waals surface area contributed by atoms with Crippen LogP contribution >= 0.6 is 31.9 Å². The van der Waals surface area contributed by atoms with Crippen LogP contribution < -0.4 is 0 Å². The summed E-state index contributed by atoms with van der Waals surface area (Å²) in [5.41, 5.74) is 1.53. The second kappa shape index (κ2) is 8.98. The summed E-state index contributed by atoms with van der Waals surface area (Å²) in [7, 11) is 0. The third kappa shape index (κ3) is 3.71. The Kier molecular flexibility index (Phi) is 6.34. The average molecular weight is 528 g/mol. The maximum Gasteiger partial charge on any atom is 0.152 e. The minimum absolute atomic E-state index is 0.194. The fraction of sp³-hybridized carbons (Fsp3) is 0.160. The Bertz CT molecular complexity index is 1140. The van der Waals surface area contributed by atoms with E-state index in [-0.39, 0.29) is 19.0 Å². The highest BCUT2D eigenvalue weighted by Crippen LogP contribution is 2.36. The van der Waals surface area contributed by atoms with Crippen molar-refractivity contribution in [3.63, 3.8) is 0 Å². The average Bonchev–Trinajstić information content (AvgIpc) is 2.76. The van der Waals surface area contributed by atoms with Gasteiger partial charge < -0.3 is 10.2 Å². The van der Waals surface area contributed by atoms with E-state index in [1.165, 1.54) is 0 Å². The number of Topliss-reactive ketones (excluding diaryl/α,β-unsaturated/α-hetero) is 1. The van der Waals surface area contributed by atoms with Crippen molar-refractivity contribution in [1.29, 1.82) is 0 Å². The van der Waals surface area contributed by atoms with Gasteiger partial charge >= 0.3 is 0 Å². The molecule has 0 heterocycles. The molecule has 5 heteroatoms. The lowest BCUT2D eigenvalue weighted by Gasteiger charge is -2.23. The molecule has 2 atom stereocenters. The second-order valence-electron chi connectivity index (χ2n) is 7.24. The second-order valence-corrected chi connectivity index (χ2v) is 8.95. The van der Waals surface area contributed by atoms with Crippen molar-refractivity contribution in [2.24, 2.45) is 0 Å². The fourth-order valence-electron chi connectivity index (χ4n) is 4.13. The highest BCUT2D eigenvalue weighted by atomic mass is 79.9. The zero-order valence-electron chi connectivity index (χ0n) is 16.1. The van der Waals surface area contributed by atoms with Crippen LogP contribution in [0.25, 0.3) is 21.5 Å². The Balaban J connectivity index is 1.83. The first-order valence-electron chi connectivity index (χ1n) is 9.66. The number of hydrogen-bond donors (Lipinski definition) is 2. The highest BCUT2D eigenvalue weighted by molar-refractivity contribution is 9.11. The van der Waals surface area contributed by atoms with Crippen LogP contribution in [0.15, 0.2) is 81.7 Å². The minimum Gasteiger partial charge on any atom is -0.395 e. The molecule has 0 spiro atoms. The van der Waals surface area contributed by atoms with Gasteiger partial charge in [-0.15, -0.1) is 0 Å². The number of halogens is 2. The molecule has 0 aromatic heterocycles. The van der Waals surface area contributed by atoms with E-state index in [2.05, 4.69) is 31.9 Å². The number of carbonyl (C=O) groups is 1. The maximum atomic E-state index is 13.6. The molecule has 4 rings (SSSR count). The molecule has 152 valence electrons. The SMILES string of the molecule is O=C(C(CO)c1cccc2c(Br)cccc12)C(CO)c1cccc2c(Br)cccc12. The molecule has 0 aliphatic carbocycles. The van der Waals surface area contributed by atoms with Gasteiger partial charge in [-0.1, -0.05) is 92.5 Å². The molecule has 0 saturated heterocycles. The first kappa shape index (κ1) is 21.2. The minimum atomic E-state index is -0.734. The quantitative estimate of drug-likeness (QED) is 0.326. The molecule has 4 aromatic carbocycles. The van der Waals surface area contributed by atoms with Crippen molar-refractivity contribution < 1.29 is 15.0 Å². The first-order chi connectivity index (χ1) is 14.6. The van der Waals surface area contributed by atoms with E-state index < -0.39 is 11.8 Å². The summed E-state index contributed by atoms with van der Waals surface area (Å²) in [6.45, 7) is -0.648. The van der Waals surface area contributed by atoms with Crippen LogP contribution in [0.4, 0.5) is 0 Å². The van der Waals surface area contributed by atoms with Gasteiger partial charge in [0.2, 0.25) is 0 Å². The van der Waals surface area contributed by atoms with Crippen LogP contribution in [0.1, 0.15) is 23.0 Å². The maximum absolute atomic E-state index is 13.6. The number of hydrogen-bond acceptors (Lipinski definition) is 3. The summed E-state index contributed by atoms with van der Waals surface area (Å²) in [5.74, 6) is -1.66. The van der Waals surface area contributed by atoms with Gasteiger partial charge in [-0.3, -0.25) is 4.79 Å². The molecule has 0 saturated carbocycles. The van der Waals surface area contributed by atoms with Crippen molar-refractivity contribution in [1.82, 2.24) is 0 Å². The summed E-state index contributed by atoms with van der Waals surface area (Å²) in [5, 5.41) is 24.2. The number of aliphatic hydroxyl groups is 2. The number of aliphatic hydroxyl groups excluding tert-OH is 2. The molecule has 0 amide bonds. The molecule has 0 aliphatic rings. The standard InChI is InChI=1S/C25H20Br2O3/c26-23-11-3-7-15-17(5-1-9-19(15)23)21(13-28)25(30)22(14-29)18-6-2-10-20-16(18)8-4-12-24(20)27/h1-12,21-22,28-29H,13-14H2. The predicted molar refractivity (Wildman–Crippen MR) is 128 cm³/mol. The molecule has 0 fully saturated rings. The van der Waals surface area contributed by atoms with Crippen LogP contribution in [-0.2, 0) is 4.79 Å². The Morgan fingerprint density at radius 3 is 1.40 bits per heavy atom. The van der Waals surface area contributed by atoms with Crippen LogP contribution in [0.5, 0.6) is 0 Å². The van der Waals surface area contributed by atoms with Gasteiger partial charge in [0.25, 0.3) is 0 Å². The Hall–Kier alpha value is -2.05. The molecule has 0 aliphatic heterocycles. The van der Waals surface area contributed by atoms with E-state index in [1.807, 2.05) is 72.8 Å².